The van der Waals surface area contributed by atoms with Crippen molar-refractivity contribution in [1.82, 2.24) is 14.8 Å². The maximum atomic E-state index is 11.8. The lowest BCUT2D eigenvalue weighted by atomic mass is 10.3. The van der Waals surface area contributed by atoms with Gasteiger partial charge in [0.05, 0.1) is 17.8 Å². The number of carboxylic acid groups (broad SMARTS) is 1. The molecule has 7 nitrogen and oxygen atoms in total. The first-order valence-electron chi connectivity index (χ1n) is 6.41. The van der Waals surface area contributed by atoms with Crippen LogP contribution in [-0.4, -0.2) is 31.7 Å². The lowest BCUT2D eigenvalue weighted by molar-refractivity contribution is -0.136. The molecule has 0 aromatic carbocycles. The molecule has 0 aliphatic carbocycles. The van der Waals surface area contributed by atoms with E-state index in [1.807, 2.05) is 19.9 Å². The van der Waals surface area contributed by atoms with Crippen molar-refractivity contribution in [2.75, 3.05) is 5.32 Å². The molecule has 2 aromatic rings. The minimum Gasteiger partial charge on any atom is -0.481 e. The number of nitrogens with zero attached hydrogens (tertiary/aromatic N) is 3. The molecule has 1 amide bonds. The first-order valence-corrected chi connectivity index (χ1v) is 7.29. The molecule has 2 aromatic heterocycles. The minimum atomic E-state index is -0.942. The van der Waals surface area contributed by atoms with Crippen molar-refractivity contribution in [2.24, 2.45) is 0 Å². The summed E-state index contributed by atoms with van der Waals surface area (Å²) in [5.74, 6) is -1.11. The molecular formula is C13H16N4O3S. The average Bonchev–Trinajstić information content (AvgIpc) is 2.93. The van der Waals surface area contributed by atoms with Crippen LogP contribution in [0.5, 0.6) is 0 Å². The van der Waals surface area contributed by atoms with Gasteiger partial charge in [0, 0.05) is 24.0 Å². The van der Waals surface area contributed by atoms with Crippen molar-refractivity contribution in [3.8, 4) is 0 Å². The van der Waals surface area contributed by atoms with E-state index in [0.717, 1.165) is 11.4 Å². The number of carbonyl (C=O) groups excluding carboxylic acids is 1. The van der Waals surface area contributed by atoms with Crippen LogP contribution in [0, 0.1) is 13.8 Å². The molecule has 0 saturated heterocycles. The number of anilines is 1. The van der Waals surface area contributed by atoms with E-state index in [4.69, 9.17) is 5.11 Å². The van der Waals surface area contributed by atoms with E-state index in [0.29, 0.717) is 17.4 Å². The Bertz CT molecular complexity index is 662. The minimum absolute atomic E-state index is 0.141. The summed E-state index contributed by atoms with van der Waals surface area (Å²) in [7, 11) is 0. The highest BCUT2D eigenvalue weighted by molar-refractivity contribution is 7.13. The highest BCUT2D eigenvalue weighted by Crippen LogP contribution is 2.16. The zero-order valence-electron chi connectivity index (χ0n) is 11.8. The summed E-state index contributed by atoms with van der Waals surface area (Å²) in [6.45, 7) is 4.35. The fraction of sp³-hybridized carbons (Fsp3) is 0.385. The van der Waals surface area contributed by atoms with Crippen LogP contribution in [0.2, 0.25) is 0 Å². The SMILES string of the molecule is Cc1cc(C)n(CCC(=O)Nc2nc(CC(=O)O)cs2)n1. The molecule has 0 saturated carbocycles. The zero-order valence-corrected chi connectivity index (χ0v) is 12.6. The molecule has 0 radical (unpaired) electrons. The van der Waals surface area contributed by atoms with Gasteiger partial charge in [-0.1, -0.05) is 0 Å². The standard InChI is InChI=1S/C13H16N4O3S/c1-8-5-9(2)17(16-8)4-3-11(18)15-13-14-10(7-21-13)6-12(19)20/h5,7H,3-4,6H2,1-2H3,(H,19,20)(H,14,15,18). The predicted octanol–water partition coefficient (Wildman–Crippen LogP) is 1.61. The van der Waals surface area contributed by atoms with Gasteiger partial charge < -0.3 is 10.4 Å². The summed E-state index contributed by atoms with van der Waals surface area (Å²) >= 11 is 1.22. The van der Waals surface area contributed by atoms with Crippen molar-refractivity contribution in [1.29, 1.82) is 0 Å². The molecule has 0 unspecified atom stereocenters. The Morgan fingerprint density at radius 3 is 2.81 bits per heavy atom. The van der Waals surface area contributed by atoms with E-state index < -0.39 is 5.97 Å². The molecule has 0 bridgehead atoms. The van der Waals surface area contributed by atoms with Crippen molar-refractivity contribution in [3.05, 3.63) is 28.5 Å². The van der Waals surface area contributed by atoms with E-state index in [-0.39, 0.29) is 18.7 Å². The maximum absolute atomic E-state index is 11.8. The van der Waals surface area contributed by atoms with E-state index in [2.05, 4.69) is 15.4 Å². The van der Waals surface area contributed by atoms with Gasteiger partial charge in [-0.15, -0.1) is 11.3 Å². The number of aliphatic carboxylic acids is 1. The molecule has 2 rings (SSSR count). The second-order valence-corrected chi connectivity index (χ2v) is 5.52. The second kappa shape index (κ2) is 6.49. The van der Waals surface area contributed by atoms with Crippen molar-refractivity contribution < 1.29 is 14.7 Å². The lowest BCUT2D eigenvalue weighted by Gasteiger charge is -2.04. The van der Waals surface area contributed by atoms with Crippen LogP contribution >= 0.6 is 11.3 Å². The zero-order chi connectivity index (χ0) is 15.4. The van der Waals surface area contributed by atoms with Gasteiger partial charge in [-0.25, -0.2) is 4.98 Å². The van der Waals surface area contributed by atoms with Crippen LogP contribution in [0.1, 0.15) is 23.5 Å². The number of nitrogens with one attached hydrogen (secondary N) is 1. The van der Waals surface area contributed by atoms with Crippen LogP contribution in [0.3, 0.4) is 0 Å². The first kappa shape index (κ1) is 15.2. The summed E-state index contributed by atoms with van der Waals surface area (Å²) in [6, 6.07) is 1.96. The Morgan fingerprint density at radius 1 is 1.43 bits per heavy atom. The maximum Gasteiger partial charge on any atom is 0.309 e. The summed E-state index contributed by atoms with van der Waals surface area (Å²) in [5.41, 5.74) is 2.38. The van der Waals surface area contributed by atoms with Crippen LogP contribution in [0.25, 0.3) is 0 Å². The molecule has 0 atom stereocenters. The third-order valence-corrected chi connectivity index (χ3v) is 3.59. The Hall–Kier alpha value is -2.22. The van der Waals surface area contributed by atoms with Crippen molar-refractivity contribution >= 4 is 28.3 Å². The summed E-state index contributed by atoms with van der Waals surface area (Å²) < 4.78 is 1.78. The van der Waals surface area contributed by atoms with Gasteiger partial charge in [0.25, 0.3) is 0 Å². The molecule has 2 N–H and O–H groups in total. The topological polar surface area (TPSA) is 97.1 Å². The summed E-state index contributed by atoms with van der Waals surface area (Å²) in [5, 5.41) is 17.7. The molecule has 0 aliphatic heterocycles. The smallest absolute Gasteiger partial charge is 0.309 e. The fourth-order valence-corrected chi connectivity index (χ4v) is 2.62. The first-order chi connectivity index (χ1) is 9.94. The van der Waals surface area contributed by atoms with Gasteiger partial charge in [0.15, 0.2) is 5.13 Å². The highest BCUT2D eigenvalue weighted by Gasteiger charge is 2.10. The molecule has 0 aliphatic rings. The Kier molecular flexibility index (Phi) is 4.69. The average molecular weight is 308 g/mol. The third-order valence-electron chi connectivity index (χ3n) is 2.78. The molecule has 8 heteroatoms. The number of rotatable bonds is 6. The Balaban J connectivity index is 1.85. The quantitative estimate of drug-likeness (QED) is 0.845. The molecular weight excluding hydrogens is 292 g/mol. The van der Waals surface area contributed by atoms with E-state index >= 15 is 0 Å². The fourth-order valence-electron chi connectivity index (χ4n) is 1.89. The van der Waals surface area contributed by atoms with Gasteiger partial charge in [-0.05, 0) is 19.9 Å². The number of amides is 1. The predicted molar refractivity (Wildman–Crippen MR) is 78.4 cm³/mol. The normalized spacial score (nSPS) is 10.6. The Morgan fingerprint density at radius 2 is 2.19 bits per heavy atom. The lowest BCUT2D eigenvalue weighted by Crippen LogP contribution is -2.15. The van der Waals surface area contributed by atoms with Crippen LogP contribution in [-0.2, 0) is 22.6 Å². The number of hydrogen-bond donors (Lipinski definition) is 2. The highest BCUT2D eigenvalue weighted by atomic mass is 32.1. The molecule has 0 spiro atoms. The number of hydrogen-bond acceptors (Lipinski definition) is 5. The van der Waals surface area contributed by atoms with E-state index in [9.17, 15) is 9.59 Å². The summed E-state index contributed by atoms with van der Waals surface area (Å²) in [4.78, 5) is 26.4. The molecule has 0 fully saturated rings. The molecule has 21 heavy (non-hydrogen) atoms. The number of aromatic nitrogens is 3. The monoisotopic (exact) mass is 308 g/mol. The summed E-state index contributed by atoms with van der Waals surface area (Å²) in [6.07, 6.45) is 0.147. The van der Waals surface area contributed by atoms with E-state index in [1.54, 1.807) is 10.1 Å². The van der Waals surface area contributed by atoms with Gasteiger partial charge in [0.1, 0.15) is 0 Å². The molecule has 112 valence electrons. The number of aryl methyl sites for hydroxylation is 3. The van der Waals surface area contributed by atoms with Crippen LogP contribution in [0.4, 0.5) is 5.13 Å². The largest absolute Gasteiger partial charge is 0.481 e. The number of carbonyl (C=O) groups is 2. The van der Waals surface area contributed by atoms with Gasteiger partial charge in [0.2, 0.25) is 5.91 Å². The second-order valence-electron chi connectivity index (χ2n) is 4.66. The molecule has 2 heterocycles. The number of carboxylic acids is 1. The third kappa shape index (κ3) is 4.38. The number of thiazole rings is 1. The van der Waals surface area contributed by atoms with Crippen LogP contribution in [0.15, 0.2) is 11.4 Å². The van der Waals surface area contributed by atoms with Gasteiger partial charge in [-0.3, -0.25) is 14.3 Å². The van der Waals surface area contributed by atoms with Gasteiger partial charge >= 0.3 is 5.97 Å². The van der Waals surface area contributed by atoms with E-state index in [1.165, 1.54) is 11.3 Å². The van der Waals surface area contributed by atoms with Crippen LogP contribution < -0.4 is 5.32 Å². The Labute approximate surface area is 125 Å². The van der Waals surface area contributed by atoms with Crippen molar-refractivity contribution in [2.45, 2.75) is 33.2 Å². The van der Waals surface area contributed by atoms with Crippen molar-refractivity contribution in [3.63, 3.8) is 0 Å². The van der Waals surface area contributed by atoms with Gasteiger partial charge in [-0.2, -0.15) is 5.10 Å².